The summed E-state index contributed by atoms with van der Waals surface area (Å²) in [6.07, 6.45) is 0. The first-order valence-corrected chi connectivity index (χ1v) is 7.25. The third kappa shape index (κ3) is 3.70. The summed E-state index contributed by atoms with van der Waals surface area (Å²) in [5.41, 5.74) is 3.61. The summed E-state index contributed by atoms with van der Waals surface area (Å²) in [7, 11) is 0. The van der Waals surface area contributed by atoms with Gasteiger partial charge in [-0.2, -0.15) is 0 Å². The molecule has 3 nitrogen and oxygen atoms in total. The lowest BCUT2D eigenvalue weighted by atomic mass is 10.1. The van der Waals surface area contributed by atoms with Gasteiger partial charge in [-0.05, 0) is 57.0 Å². The molecule has 0 atom stereocenters. The van der Waals surface area contributed by atoms with Crippen molar-refractivity contribution in [3.8, 4) is 0 Å². The molecular weight excluding hydrogens is 254 g/mol. The van der Waals surface area contributed by atoms with E-state index in [9.17, 15) is 0 Å². The highest BCUT2D eigenvalue weighted by atomic mass is 32.2. The van der Waals surface area contributed by atoms with Gasteiger partial charge in [0.05, 0.1) is 0 Å². The van der Waals surface area contributed by atoms with Crippen LogP contribution in [0.15, 0.2) is 34.2 Å². The number of anilines is 1. The summed E-state index contributed by atoms with van der Waals surface area (Å²) in [6.45, 7) is 9.13. The first-order valence-electron chi connectivity index (χ1n) is 6.43. The Morgan fingerprint density at radius 1 is 1.05 bits per heavy atom. The summed E-state index contributed by atoms with van der Waals surface area (Å²) in [4.78, 5) is 10.1. The Hall–Kier alpha value is -1.55. The second-order valence-corrected chi connectivity index (χ2v) is 5.64. The third-order valence-electron chi connectivity index (χ3n) is 2.87. The van der Waals surface area contributed by atoms with Crippen LogP contribution in [0.25, 0.3) is 0 Å². The van der Waals surface area contributed by atoms with Crippen LogP contribution in [0.4, 0.5) is 5.95 Å². The Morgan fingerprint density at radius 2 is 1.84 bits per heavy atom. The number of aromatic nitrogens is 2. The van der Waals surface area contributed by atoms with Crippen LogP contribution in [-0.4, -0.2) is 16.5 Å². The smallest absolute Gasteiger partial charge is 0.223 e. The van der Waals surface area contributed by atoms with Gasteiger partial charge in [-0.3, -0.25) is 0 Å². The number of benzene rings is 1. The Balaban J connectivity index is 2.24. The Morgan fingerprint density at radius 3 is 2.53 bits per heavy atom. The lowest BCUT2D eigenvalue weighted by Crippen LogP contribution is -2.03. The van der Waals surface area contributed by atoms with E-state index in [0.29, 0.717) is 5.95 Å². The maximum absolute atomic E-state index is 4.51. The van der Waals surface area contributed by atoms with Crippen LogP contribution >= 0.6 is 11.8 Å². The molecule has 0 bridgehead atoms. The summed E-state index contributed by atoms with van der Waals surface area (Å²) in [5.74, 6) is 0.703. The van der Waals surface area contributed by atoms with E-state index < -0.39 is 0 Å². The Bertz CT molecular complexity index is 582. The lowest BCUT2D eigenvalue weighted by Gasteiger charge is -2.07. The molecule has 1 heterocycles. The zero-order chi connectivity index (χ0) is 13.8. The van der Waals surface area contributed by atoms with Gasteiger partial charge in [-0.1, -0.05) is 17.8 Å². The fraction of sp³-hybridized carbons (Fsp3) is 0.333. The third-order valence-corrected chi connectivity index (χ3v) is 3.77. The monoisotopic (exact) mass is 273 g/mol. The summed E-state index contributed by atoms with van der Waals surface area (Å²) in [5, 5.41) is 4.14. The van der Waals surface area contributed by atoms with E-state index in [1.807, 2.05) is 19.9 Å². The lowest BCUT2D eigenvalue weighted by molar-refractivity contribution is 0.984. The fourth-order valence-corrected chi connectivity index (χ4v) is 2.70. The highest BCUT2D eigenvalue weighted by Gasteiger charge is 2.04. The maximum Gasteiger partial charge on any atom is 0.223 e. The van der Waals surface area contributed by atoms with Gasteiger partial charge in [-0.25, -0.2) is 9.97 Å². The van der Waals surface area contributed by atoms with Gasteiger partial charge >= 0.3 is 0 Å². The van der Waals surface area contributed by atoms with Crippen molar-refractivity contribution in [2.75, 3.05) is 11.9 Å². The van der Waals surface area contributed by atoms with Gasteiger partial charge in [-0.15, -0.1) is 0 Å². The molecule has 1 N–H and O–H groups in total. The number of aryl methyl sites for hydroxylation is 3. The summed E-state index contributed by atoms with van der Waals surface area (Å²) < 4.78 is 0. The number of rotatable bonds is 4. The van der Waals surface area contributed by atoms with Crippen molar-refractivity contribution in [2.24, 2.45) is 0 Å². The quantitative estimate of drug-likeness (QED) is 0.855. The van der Waals surface area contributed by atoms with Crippen molar-refractivity contribution in [1.82, 2.24) is 9.97 Å². The second kappa shape index (κ2) is 6.06. The molecule has 1 aromatic carbocycles. The van der Waals surface area contributed by atoms with Crippen LogP contribution in [0.2, 0.25) is 0 Å². The van der Waals surface area contributed by atoms with Crippen molar-refractivity contribution in [2.45, 2.75) is 37.6 Å². The highest BCUT2D eigenvalue weighted by molar-refractivity contribution is 7.99. The molecule has 0 aliphatic rings. The predicted octanol–water partition coefficient (Wildman–Crippen LogP) is 3.98. The molecule has 0 amide bonds. The average molecular weight is 273 g/mol. The Labute approximate surface area is 118 Å². The highest BCUT2D eigenvalue weighted by Crippen LogP contribution is 2.28. The van der Waals surface area contributed by atoms with Crippen molar-refractivity contribution >= 4 is 17.7 Å². The second-order valence-electron chi connectivity index (χ2n) is 4.55. The summed E-state index contributed by atoms with van der Waals surface area (Å²) in [6, 6.07) is 8.50. The molecule has 2 rings (SSSR count). The number of nitrogens with one attached hydrogen (secondary N) is 1. The molecule has 0 aliphatic carbocycles. The van der Waals surface area contributed by atoms with Crippen LogP contribution in [0.1, 0.15) is 23.7 Å². The van der Waals surface area contributed by atoms with Gasteiger partial charge in [0.25, 0.3) is 0 Å². The van der Waals surface area contributed by atoms with Crippen LogP contribution in [0, 0.1) is 20.8 Å². The van der Waals surface area contributed by atoms with E-state index in [1.165, 1.54) is 16.0 Å². The zero-order valence-electron chi connectivity index (χ0n) is 11.8. The topological polar surface area (TPSA) is 37.8 Å². The normalized spacial score (nSPS) is 10.5. The molecule has 0 radical (unpaired) electrons. The molecule has 1 aromatic heterocycles. The first kappa shape index (κ1) is 13.9. The van der Waals surface area contributed by atoms with Crippen LogP contribution in [0.5, 0.6) is 0 Å². The van der Waals surface area contributed by atoms with Crippen LogP contribution in [0.3, 0.4) is 0 Å². The number of nitrogens with zero attached hydrogens (tertiary/aromatic N) is 2. The largest absolute Gasteiger partial charge is 0.354 e. The first-order chi connectivity index (χ1) is 9.08. The van der Waals surface area contributed by atoms with Crippen molar-refractivity contribution in [3.63, 3.8) is 0 Å². The van der Waals surface area contributed by atoms with E-state index in [1.54, 1.807) is 11.8 Å². The van der Waals surface area contributed by atoms with Crippen molar-refractivity contribution in [1.29, 1.82) is 0 Å². The van der Waals surface area contributed by atoms with Gasteiger partial charge < -0.3 is 5.32 Å². The Kier molecular flexibility index (Phi) is 4.43. The van der Waals surface area contributed by atoms with Crippen molar-refractivity contribution in [3.05, 3.63) is 41.1 Å². The zero-order valence-corrected chi connectivity index (χ0v) is 12.6. The van der Waals surface area contributed by atoms with Crippen LogP contribution < -0.4 is 5.32 Å². The van der Waals surface area contributed by atoms with Gasteiger partial charge in [0.15, 0.2) is 0 Å². The van der Waals surface area contributed by atoms with Crippen LogP contribution in [-0.2, 0) is 0 Å². The minimum Gasteiger partial charge on any atom is -0.354 e. The SMILES string of the molecule is CCNc1nc(C)cc(Sc2ccc(C)c(C)c2)n1. The molecule has 19 heavy (non-hydrogen) atoms. The van der Waals surface area contributed by atoms with Gasteiger partial charge in [0.2, 0.25) is 5.95 Å². The van der Waals surface area contributed by atoms with E-state index in [-0.39, 0.29) is 0 Å². The predicted molar refractivity (Wildman–Crippen MR) is 81.0 cm³/mol. The molecule has 0 unspecified atom stereocenters. The van der Waals surface area contributed by atoms with Crippen molar-refractivity contribution < 1.29 is 0 Å². The van der Waals surface area contributed by atoms with E-state index in [4.69, 9.17) is 0 Å². The molecule has 4 heteroatoms. The molecule has 0 spiro atoms. The molecular formula is C15H19N3S. The molecule has 0 saturated carbocycles. The molecule has 0 saturated heterocycles. The number of hydrogen-bond acceptors (Lipinski definition) is 4. The number of hydrogen-bond donors (Lipinski definition) is 1. The average Bonchev–Trinajstić information content (AvgIpc) is 2.33. The molecule has 0 fully saturated rings. The van der Waals surface area contributed by atoms with Gasteiger partial charge in [0, 0.05) is 17.1 Å². The summed E-state index contributed by atoms with van der Waals surface area (Å²) >= 11 is 1.67. The molecule has 100 valence electrons. The van der Waals surface area contributed by atoms with E-state index >= 15 is 0 Å². The minimum absolute atomic E-state index is 0.703. The standard InChI is InChI=1S/C15H19N3S/c1-5-16-15-17-12(4)9-14(18-15)19-13-7-6-10(2)11(3)8-13/h6-9H,5H2,1-4H3,(H,16,17,18). The van der Waals surface area contributed by atoms with E-state index in [2.05, 4.69) is 47.3 Å². The van der Waals surface area contributed by atoms with Gasteiger partial charge in [0.1, 0.15) is 5.03 Å². The molecule has 0 aliphatic heterocycles. The molecule has 2 aromatic rings. The van der Waals surface area contributed by atoms with E-state index in [0.717, 1.165) is 17.3 Å². The fourth-order valence-electron chi connectivity index (χ4n) is 1.73. The minimum atomic E-state index is 0.703. The maximum atomic E-state index is 4.51.